The molecule has 0 radical (unpaired) electrons. The molecule has 1 aliphatic carbocycles. The van der Waals surface area contributed by atoms with Crippen molar-refractivity contribution >= 4 is 49.5 Å². The van der Waals surface area contributed by atoms with E-state index in [1.54, 1.807) is 4.90 Å². The Morgan fingerprint density at radius 2 is 1.66 bits per heavy atom. The molecule has 1 aromatic carbocycles. The van der Waals surface area contributed by atoms with E-state index in [4.69, 9.17) is 0 Å². The van der Waals surface area contributed by atoms with Gasteiger partial charge in [0.1, 0.15) is 5.56 Å². The number of piperazine rings is 1. The van der Waals surface area contributed by atoms with Gasteiger partial charge in [0.05, 0.1) is 22.3 Å². The average molecular weight is 620 g/mol. The third-order valence-electron chi connectivity index (χ3n) is 7.27. The van der Waals surface area contributed by atoms with E-state index in [1.165, 1.54) is 11.5 Å². The Labute approximate surface area is 232 Å². The van der Waals surface area contributed by atoms with Gasteiger partial charge in [0.15, 0.2) is 5.82 Å². The fraction of sp³-hybridized carbons (Fsp3) is 0.522. The first kappa shape index (κ1) is 31.1. The molecule has 2 heterocycles. The molecular weight excluding hydrogens is 589 g/mol. The number of aromatic nitrogens is 1. The van der Waals surface area contributed by atoms with Gasteiger partial charge in [-0.05, 0) is 46.1 Å². The van der Waals surface area contributed by atoms with Crippen LogP contribution in [0.4, 0.5) is 20.6 Å². The van der Waals surface area contributed by atoms with Crippen molar-refractivity contribution in [1.29, 1.82) is 0 Å². The number of fused-ring (bicyclic) bond motifs is 1. The van der Waals surface area contributed by atoms with E-state index in [0.717, 1.165) is 6.20 Å². The van der Waals surface area contributed by atoms with Gasteiger partial charge in [-0.1, -0.05) is 0 Å². The number of benzene rings is 1. The van der Waals surface area contributed by atoms with Crippen LogP contribution in [0.25, 0.3) is 10.9 Å². The van der Waals surface area contributed by atoms with Crippen molar-refractivity contribution in [1.82, 2.24) is 9.88 Å². The lowest BCUT2D eigenvalue weighted by Crippen LogP contribution is -2.54. The van der Waals surface area contributed by atoms with Gasteiger partial charge in [0.2, 0.25) is 5.43 Å². The van der Waals surface area contributed by atoms with E-state index >= 15 is 4.39 Å². The van der Waals surface area contributed by atoms with Gasteiger partial charge in [0.25, 0.3) is 0 Å². The molecule has 1 saturated heterocycles. The highest BCUT2D eigenvalue weighted by Gasteiger charge is 2.60. The summed E-state index contributed by atoms with van der Waals surface area (Å²) in [5.74, 6) is -2.45. The predicted octanol–water partition coefficient (Wildman–Crippen LogP) is 2.25. The summed E-state index contributed by atoms with van der Waals surface area (Å²) in [4.78, 5) is 78.4. The Morgan fingerprint density at radius 1 is 1.12 bits per heavy atom. The van der Waals surface area contributed by atoms with E-state index in [-0.39, 0.29) is 34.9 Å². The Kier molecular flexibility index (Phi) is 7.93. The second kappa shape index (κ2) is 10.5. The van der Waals surface area contributed by atoms with Crippen molar-refractivity contribution in [3.63, 3.8) is 0 Å². The number of aromatic carboxylic acids is 1. The highest BCUT2D eigenvalue weighted by atomic mass is 31.2. The van der Waals surface area contributed by atoms with Crippen LogP contribution in [0.2, 0.25) is 0 Å². The molecule has 2 aromatic rings. The van der Waals surface area contributed by atoms with Crippen LogP contribution in [-0.4, -0.2) is 71.6 Å². The molecule has 15 nitrogen and oxygen atoms in total. The summed E-state index contributed by atoms with van der Waals surface area (Å²) < 4.78 is 46.3. The first-order valence-corrected chi connectivity index (χ1v) is 15.8. The number of halogens is 1. The minimum atomic E-state index is -5.79. The van der Waals surface area contributed by atoms with Crippen LogP contribution < -0.4 is 21.0 Å². The molecule has 7 N–H and O–H groups in total. The first-order chi connectivity index (χ1) is 18.8. The molecule has 2 atom stereocenters. The fourth-order valence-electron chi connectivity index (χ4n) is 5.10. The maximum Gasteiger partial charge on any atom is 0.413 e. The van der Waals surface area contributed by atoms with Crippen LogP contribution in [-0.2, 0) is 13.9 Å². The minimum absolute atomic E-state index is 0.0161. The standard InChI is InChI=1S/C23H31FN4O11P2/c1-10-7-27(8-11(2)25-10)18-12(3)17(26-22(32)39-23(4,40(33,34)35)41(36,37)38)15-19(16(18)24)28(13-5-6-13)9-14(20(15)29)21(30)31/h9-11,13,25H,5-8H2,1-4H3,(H,26,32)(H,30,31)(H2,33,34,35)(H2,36,37,38)/t10-,11+. The molecule has 1 saturated carbocycles. The lowest BCUT2D eigenvalue weighted by molar-refractivity contribution is 0.0694. The quantitative estimate of drug-likeness (QED) is 0.221. The summed E-state index contributed by atoms with van der Waals surface area (Å²) in [6, 6.07) is -0.529. The summed E-state index contributed by atoms with van der Waals surface area (Å²) in [6.45, 7) is 6.07. The van der Waals surface area contributed by atoms with Crippen molar-refractivity contribution in [2.24, 2.45) is 0 Å². The van der Waals surface area contributed by atoms with Crippen molar-refractivity contribution in [2.75, 3.05) is 23.3 Å². The van der Waals surface area contributed by atoms with Gasteiger partial charge in [-0.2, -0.15) is 0 Å². The lowest BCUT2D eigenvalue weighted by atomic mass is 10.00. The Hall–Kier alpha value is -2.84. The summed E-state index contributed by atoms with van der Waals surface area (Å²) in [7, 11) is -11.6. The van der Waals surface area contributed by atoms with Crippen molar-refractivity contribution in [3.8, 4) is 0 Å². The lowest BCUT2D eigenvalue weighted by Gasteiger charge is -2.39. The molecule has 1 aromatic heterocycles. The Balaban J connectivity index is 2.00. The van der Waals surface area contributed by atoms with E-state index in [0.29, 0.717) is 32.9 Å². The van der Waals surface area contributed by atoms with E-state index < -0.39 is 60.2 Å². The molecule has 0 spiro atoms. The van der Waals surface area contributed by atoms with Crippen LogP contribution in [0.15, 0.2) is 11.0 Å². The fourth-order valence-corrected chi connectivity index (χ4v) is 6.86. The topological polar surface area (TPSA) is 228 Å². The maximum absolute atomic E-state index is 16.5. The molecule has 1 aliphatic heterocycles. The van der Waals surface area contributed by atoms with Gasteiger partial charge in [-0.3, -0.25) is 19.2 Å². The van der Waals surface area contributed by atoms with Crippen LogP contribution in [0.1, 0.15) is 55.6 Å². The number of amides is 1. The number of rotatable bonds is 7. The average Bonchev–Trinajstić information content (AvgIpc) is 3.65. The summed E-state index contributed by atoms with van der Waals surface area (Å²) in [6.07, 6.45) is 0.391. The summed E-state index contributed by atoms with van der Waals surface area (Å²) in [5, 5.41) is 11.0. The predicted molar refractivity (Wildman–Crippen MR) is 145 cm³/mol. The second-order valence-electron chi connectivity index (χ2n) is 10.6. The molecule has 18 heteroatoms. The van der Waals surface area contributed by atoms with Crippen LogP contribution in [0, 0.1) is 12.7 Å². The van der Waals surface area contributed by atoms with Crippen molar-refractivity contribution in [2.45, 2.75) is 63.7 Å². The minimum Gasteiger partial charge on any atom is -0.477 e. The molecule has 0 unspecified atom stereocenters. The zero-order valence-corrected chi connectivity index (χ0v) is 24.3. The smallest absolute Gasteiger partial charge is 0.413 e. The number of pyridine rings is 1. The number of anilines is 2. The molecule has 2 aliphatic rings. The maximum atomic E-state index is 16.5. The monoisotopic (exact) mass is 620 g/mol. The molecule has 2 fully saturated rings. The molecule has 1 amide bonds. The Bertz CT molecular complexity index is 1560. The number of nitrogens with zero attached hydrogens (tertiary/aromatic N) is 2. The van der Waals surface area contributed by atoms with Gasteiger partial charge >= 0.3 is 32.3 Å². The first-order valence-electron chi connectivity index (χ1n) is 12.5. The van der Waals surface area contributed by atoms with Gasteiger partial charge in [0, 0.05) is 37.4 Å². The number of ether oxygens (including phenoxy) is 1. The van der Waals surface area contributed by atoms with E-state index in [2.05, 4.69) is 15.4 Å². The largest absolute Gasteiger partial charge is 0.477 e. The van der Waals surface area contributed by atoms with E-state index in [9.17, 15) is 48.2 Å². The Morgan fingerprint density at radius 3 is 2.12 bits per heavy atom. The number of carboxylic acids is 1. The second-order valence-corrected chi connectivity index (χ2v) is 14.8. The molecule has 226 valence electrons. The number of carboxylic acid groups (broad SMARTS) is 1. The van der Waals surface area contributed by atoms with Gasteiger partial charge < -0.3 is 44.2 Å². The summed E-state index contributed by atoms with van der Waals surface area (Å²) >= 11 is 0. The van der Waals surface area contributed by atoms with Crippen molar-refractivity contribution in [3.05, 3.63) is 33.4 Å². The number of carbonyl (C=O) groups excluding carboxylic acids is 1. The zero-order chi connectivity index (χ0) is 30.8. The van der Waals surface area contributed by atoms with Crippen LogP contribution in [0.5, 0.6) is 0 Å². The number of carbonyl (C=O) groups is 2. The molecule has 0 bridgehead atoms. The highest BCUT2D eigenvalue weighted by Crippen LogP contribution is 2.69. The molecular formula is C23H31FN4O11P2. The van der Waals surface area contributed by atoms with Crippen LogP contribution in [0.3, 0.4) is 0 Å². The third kappa shape index (κ3) is 5.53. The van der Waals surface area contributed by atoms with E-state index in [1.807, 2.05) is 13.8 Å². The van der Waals surface area contributed by atoms with Crippen molar-refractivity contribution < 1.29 is 52.5 Å². The highest BCUT2D eigenvalue weighted by molar-refractivity contribution is 7.72. The number of nitrogens with one attached hydrogen (secondary N) is 2. The van der Waals surface area contributed by atoms with Gasteiger partial charge in [-0.15, -0.1) is 0 Å². The molecule has 41 heavy (non-hydrogen) atoms. The zero-order valence-electron chi connectivity index (χ0n) is 22.5. The number of hydrogen-bond donors (Lipinski definition) is 7. The number of hydrogen-bond acceptors (Lipinski definition) is 8. The SMILES string of the molecule is Cc1c(N2C[C@@H](C)N[C@@H](C)C2)c(F)c2c(c1NC(=O)OC(C)(P(=O)(O)O)P(=O)(O)O)c(=O)c(C(=O)O)cn2C1CC1. The van der Waals surface area contributed by atoms with Gasteiger partial charge in [-0.25, -0.2) is 14.0 Å². The third-order valence-corrected chi connectivity index (χ3v) is 11.2. The summed E-state index contributed by atoms with van der Waals surface area (Å²) in [5.41, 5.74) is -2.65. The normalized spacial score (nSPS) is 20.3. The molecule has 4 rings (SSSR count). The van der Waals surface area contributed by atoms with Crippen LogP contribution >= 0.6 is 15.2 Å².